The molecule has 0 radical (unpaired) electrons. The monoisotopic (exact) mass is 444 g/mol. The standard InChI is InChI=1S/C24H32N2O4S/c1-7-29-22(28)18-16-10-11-26(12-15-9-8-14(2)30-15)13-17(16)31-21(18)25-20(27)19-23(3,4)24(19,5)6/h8-9,19H,7,10-13H2,1-6H3,(H,25,27). The largest absolute Gasteiger partial charge is 0.465 e. The van der Waals surface area contributed by atoms with Crippen molar-refractivity contribution in [3.63, 3.8) is 0 Å². The summed E-state index contributed by atoms with van der Waals surface area (Å²) >= 11 is 1.50. The molecular weight excluding hydrogens is 412 g/mol. The van der Waals surface area contributed by atoms with Gasteiger partial charge in [-0.25, -0.2) is 4.79 Å². The van der Waals surface area contributed by atoms with E-state index in [0.717, 1.165) is 48.0 Å². The predicted octanol–water partition coefficient (Wildman–Crippen LogP) is 5.01. The number of anilines is 1. The Balaban J connectivity index is 1.58. The topological polar surface area (TPSA) is 71.8 Å². The zero-order valence-corrected chi connectivity index (χ0v) is 20.1. The molecule has 1 N–H and O–H groups in total. The van der Waals surface area contributed by atoms with Gasteiger partial charge >= 0.3 is 5.97 Å². The van der Waals surface area contributed by atoms with Crippen molar-refractivity contribution in [2.75, 3.05) is 18.5 Å². The average molecular weight is 445 g/mol. The first-order valence-corrected chi connectivity index (χ1v) is 11.8. The van der Waals surface area contributed by atoms with Crippen LogP contribution in [0.25, 0.3) is 0 Å². The molecule has 1 amide bonds. The van der Waals surface area contributed by atoms with Gasteiger partial charge in [0.2, 0.25) is 5.91 Å². The van der Waals surface area contributed by atoms with Gasteiger partial charge in [-0.3, -0.25) is 9.69 Å². The summed E-state index contributed by atoms with van der Waals surface area (Å²) in [5.74, 6) is 1.41. The summed E-state index contributed by atoms with van der Waals surface area (Å²) in [5.41, 5.74) is 1.44. The van der Waals surface area contributed by atoms with Gasteiger partial charge in [0.05, 0.1) is 18.7 Å². The lowest BCUT2D eigenvalue weighted by Gasteiger charge is -2.26. The maximum absolute atomic E-state index is 13.1. The highest BCUT2D eigenvalue weighted by molar-refractivity contribution is 7.17. The van der Waals surface area contributed by atoms with Gasteiger partial charge in [-0.15, -0.1) is 11.3 Å². The van der Waals surface area contributed by atoms with E-state index < -0.39 is 0 Å². The molecule has 1 saturated carbocycles. The molecule has 6 nitrogen and oxygen atoms in total. The molecule has 1 fully saturated rings. The molecule has 2 aliphatic rings. The average Bonchev–Trinajstić information content (AvgIpc) is 3.03. The molecule has 3 heterocycles. The van der Waals surface area contributed by atoms with Crippen LogP contribution in [0.1, 0.15) is 66.9 Å². The number of hydrogen-bond donors (Lipinski definition) is 1. The van der Waals surface area contributed by atoms with Gasteiger partial charge in [0.15, 0.2) is 0 Å². The van der Waals surface area contributed by atoms with Crippen LogP contribution >= 0.6 is 11.3 Å². The molecule has 2 aromatic rings. The second kappa shape index (κ2) is 7.78. The van der Waals surface area contributed by atoms with Gasteiger partial charge in [-0.2, -0.15) is 0 Å². The lowest BCUT2D eigenvalue weighted by Crippen LogP contribution is -2.29. The molecule has 1 aliphatic carbocycles. The number of ether oxygens (including phenoxy) is 1. The lowest BCUT2D eigenvalue weighted by atomic mass is 10.0. The van der Waals surface area contributed by atoms with Crippen molar-refractivity contribution in [2.45, 2.75) is 61.1 Å². The zero-order chi connectivity index (χ0) is 22.6. The molecule has 4 rings (SSSR count). The van der Waals surface area contributed by atoms with Gasteiger partial charge < -0.3 is 14.5 Å². The minimum absolute atomic E-state index is 0.0120. The summed E-state index contributed by atoms with van der Waals surface area (Å²) in [7, 11) is 0. The third-order valence-electron chi connectivity index (χ3n) is 7.31. The number of furan rings is 1. The molecule has 0 bridgehead atoms. The number of esters is 1. The number of nitrogens with one attached hydrogen (secondary N) is 1. The predicted molar refractivity (Wildman–Crippen MR) is 121 cm³/mol. The Hall–Kier alpha value is -2.12. The third kappa shape index (κ3) is 3.82. The minimum Gasteiger partial charge on any atom is -0.465 e. The van der Waals surface area contributed by atoms with E-state index in [1.54, 1.807) is 6.92 Å². The zero-order valence-electron chi connectivity index (χ0n) is 19.3. The molecule has 0 atom stereocenters. The van der Waals surface area contributed by atoms with Crippen LogP contribution in [0.4, 0.5) is 5.00 Å². The van der Waals surface area contributed by atoms with Crippen LogP contribution in [-0.4, -0.2) is 29.9 Å². The van der Waals surface area contributed by atoms with Crippen LogP contribution in [0.3, 0.4) is 0 Å². The van der Waals surface area contributed by atoms with Crippen LogP contribution in [0.2, 0.25) is 0 Å². The normalized spacial score (nSPS) is 19.7. The molecule has 168 valence electrons. The molecule has 7 heteroatoms. The summed E-state index contributed by atoms with van der Waals surface area (Å²) in [6, 6.07) is 3.98. The lowest BCUT2D eigenvalue weighted by molar-refractivity contribution is -0.118. The van der Waals surface area contributed by atoms with E-state index >= 15 is 0 Å². The van der Waals surface area contributed by atoms with Crippen LogP contribution in [-0.2, 0) is 29.0 Å². The fraction of sp³-hybridized carbons (Fsp3) is 0.583. The Kier molecular flexibility index (Phi) is 5.54. The van der Waals surface area contributed by atoms with Crippen molar-refractivity contribution in [2.24, 2.45) is 16.7 Å². The quantitative estimate of drug-likeness (QED) is 0.635. The first kappa shape index (κ1) is 22.1. The van der Waals surface area contributed by atoms with Crippen molar-refractivity contribution in [1.29, 1.82) is 0 Å². The smallest absolute Gasteiger partial charge is 0.341 e. The maximum Gasteiger partial charge on any atom is 0.341 e. The number of thiophene rings is 1. The first-order chi connectivity index (χ1) is 14.6. The summed E-state index contributed by atoms with van der Waals surface area (Å²) in [4.78, 5) is 29.3. The van der Waals surface area contributed by atoms with Gasteiger partial charge in [0.25, 0.3) is 0 Å². The first-order valence-electron chi connectivity index (χ1n) is 11.0. The summed E-state index contributed by atoms with van der Waals surface area (Å²) in [6.45, 7) is 14.8. The molecule has 0 spiro atoms. The SMILES string of the molecule is CCOC(=O)c1c(NC(=O)C2C(C)(C)C2(C)C)sc2c1CCN(Cc1ccc(C)o1)C2. The van der Waals surface area contributed by atoms with E-state index in [4.69, 9.17) is 9.15 Å². The number of carbonyl (C=O) groups excluding carboxylic acids is 2. The van der Waals surface area contributed by atoms with Crippen LogP contribution in [0.5, 0.6) is 0 Å². The van der Waals surface area contributed by atoms with E-state index in [-0.39, 0.29) is 28.6 Å². The molecule has 0 aromatic carbocycles. The van der Waals surface area contributed by atoms with Crippen LogP contribution < -0.4 is 5.32 Å². The number of aryl methyl sites for hydroxylation is 1. The maximum atomic E-state index is 13.1. The highest BCUT2D eigenvalue weighted by atomic mass is 32.1. The third-order valence-corrected chi connectivity index (χ3v) is 8.44. The molecular formula is C24H32N2O4S. The van der Waals surface area contributed by atoms with E-state index in [0.29, 0.717) is 17.2 Å². The molecule has 0 unspecified atom stereocenters. The van der Waals surface area contributed by atoms with Crippen molar-refractivity contribution in [3.05, 3.63) is 39.7 Å². The van der Waals surface area contributed by atoms with Gasteiger partial charge in [-0.05, 0) is 48.8 Å². The Bertz CT molecular complexity index is 1000. The van der Waals surface area contributed by atoms with Gasteiger partial charge in [0.1, 0.15) is 16.5 Å². The second-order valence-electron chi connectivity index (χ2n) is 9.77. The highest BCUT2D eigenvalue weighted by Gasteiger charge is 2.68. The van der Waals surface area contributed by atoms with Crippen molar-refractivity contribution >= 4 is 28.2 Å². The fourth-order valence-corrected chi connectivity index (χ4v) is 6.21. The van der Waals surface area contributed by atoms with Gasteiger partial charge in [-0.1, -0.05) is 27.7 Å². The van der Waals surface area contributed by atoms with Crippen molar-refractivity contribution < 1.29 is 18.7 Å². The number of nitrogens with zero attached hydrogens (tertiary/aromatic N) is 1. The Morgan fingerprint density at radius 2 is 1.97 bits per heavy atom. The fourth-order valence-electron chi connectivity index (χ4n) is 4.93. The Morgan fingerprint density at radius 3 is 2.55 bits per heavy atom. The highest BCUT2D eigenvalue weighted by Crippen LogP contribution is 2.68. The van der Waals surface area contributed by atoms with E-state index in [1.165, 1.54) is 11.3 Å². The molecule has 2 aromatic heterocycles. The number of carbonyl (C=O) groups is 2. The Morgan fingerprint density at radius 1 is 1.26 bits per heavy atom. The second-order valence-corrected chi connectivity index (χ2v) is 10.9. The van der Waals surface area contributed by atoms with Crippen molar-refractivity contribution in [1.82, 2.24) is 4.90 Å². The van der Waals surface area contributed by atoms with E-state index in [9.17, 15) is 9.59 Å². The van der Waals surface area contributed by atoms with Crippen LogP contribution in [0.15, 0.2) is 16.5 Å². The van der Waals surface area contributed by atoms with Gasteiger partial charge in [0, 0.05) is 23.9 Å². The summed E-state index contributed by atoms with van der Waals surface area (Å²) < 4.78 is 11.1. The van der Waals surface area contributed by atoms with Crippen molar-refractivity contribution in [3.8, 4) is 0 Å². The van der Waals surface area contributed by atoms with E-state index in [2.05, 4.69) is 37.9 Å². The molecule has 31 heavy (non-hydrogen) atoms. The number of amides is 1. The molecule has 0 saturated heterocycles. The van der Waals surface area contributed by atoms with Crippen LogP contribution in [0, 0.1) is 23.7 Å². The summed E-state index contributed by atoms with van der Waals surface area (Å²) in [6.07, 6.45) is 0.746. The Labute approximate surface area is 187 Å². The number of fused-ring (bicyclic) bond motifs is 1. The minimum atomic E-state index is -0.347. The molecule has 1 aliphatic heterocycles. The number of hydrogen-bond acceptors (Lipinski definition) is 6. The number of rotatable bonds is 6. The van der Waals surface area contributed by atoms with E-state index in [1.807, 2.05) is 19.1 Å². The summed E-state index contributed by atoms with van der Waals surface area (Å²) in [5, 5.41) is 3.72.